The van der Waals surface area contributed by atoms with Crippen molar-refractivity contribution in [1.29, 1.82) is 0 Å². The molecule has 1 aliphatic rings. The minimum atomic E-state index is -3.50. The Morgan fingerprint density at radius 3 is 2.40 bits per heavy atom. The van der Waals surface area contributed by atoms with Crippen molar-refractivity contribution in [2.45, 2.75) is 30.5 Å². The number of carbonyl (C=O) groups is 2. The van der Waals surface area contributed by atoms with E-state index < -0.39 is 22.1 Å². The fraction of sp³-hybridized carbons (Fsp3) is 0.600. The number of hydrogen-bond donors (Lipinski definition) is 2. The average molecular weight is 389 g/mol. The molecule has 0 radical (unpaired) electrons. The van der Waals surface area contributed by atoms with Gasteiger partial charge in [0.15, 0.2) is 0 Å². The van der Waals surface area contributed by atoms with Gasteiger partial charge in [0.2, 0.25) is 5.91 Å². The second-order valence-electron chi connectivity index (χ2n) is 6.35. The number of primary amides is 1. The minimum Gasteiger partial charge on any atom is -0.352 e. The first-order valence-corrected chi connectivity index (χ1v) is 10.4. The molecule has 0 aliphatic carbocycles. The summed E-state index contributed by atoms with van der Waals surface area (Å²) >= 11 is 1.18. The third-order valence-corrected chi connectivity index (χ3v) is 7.23. The molecule has 3 amide bonds. The first-order valence-electron chi connectivity index (χ1n) is 8.10. The topological polar surface area (TPSA) is 113 Å². The van der Waals surface area contributed by atoms with Gasteiger partial charge in [-0.3, -0.25) is 4.79 Å². The van der Waals surface area contributed by atoms with Crippen molar-refractivity contribution in [3.63, 3.8) is 0 Å². The van der Waals surface area contributed by atoms with E-state index in [4.69, 9.17) is 5.73 Å². The predicted molar refractivity (Wildman–Crippen MR) is 95.6 cm³/mol. The summed E-state index contributed by atoms with van der Waals surface area (Å²) in [4.78, 5) is 25.4. The predicted octanol–water partition coefficient (Wildman–Crippen LogP) is 0.664. The van der Waals surface area contributed by atoms with Gasteiger partial charge in [-0.05, 0) is 23.8 Å². The SMILES string of the molecule is CC(C)C[C@H](NC(N)=O)C(=O)N1CCN(S(=O)(=O)c2cccs2)CC1. The first-order chi connectivity index (χ1) is 11.7. The molecule has 1 saturated heterocycles. The summed E-state index contributed by atoms with van der Waals surface area (Å²) in [6.45, 7) is 4.95. The molecule has 0 saturated carbocycles. The molecule has 1 atom stereocenters. The van der Waals surface area contributed by atoms with Gasteiger partial charge in [-0.1, -0.05) is 19.9 Å². The normalized spacial score (nSPS) is 17.5. The monoisotopic (exact) mass is 388 g/mol. The number of carbonyl (C=O) groups excluding carboxylic acids is 2. The summed E-state index contributed by atoms with van der Waals surface area (Å²) in [7, 11) is -3.50. The molecule has 1 aromatic rings. The van der Waals surface area contributed by atoms with Gasteiger partial charge in [0.05, 0.1) is 0 Å². The highest BCUT2D eigenvalue weighted by Gasteiger charge is 2.33. The lowest BCUT2D eigenvalue weighted by molar-refractivity contribution is -0.134. The molecule has 0 unspecified atom stereocenters. The van der Waals surface area contributed by atoms with Crippen LogP contribution >= 0.6 is 11.3 Å². The average Bonchev–Trinajstić information content (AvgIpc) is 3.08. The fourth-order valence-corrected chi connectivity index (χ4v) is 5.34. The van der Waals surface area contributed by atoms with Crippen molar-refractivity contribution in [3.05, 3.63) is 17.5 Å². The van der Waals surface area contributed by atoms with Crippen LogP contribution < -0.4 is 11.1 Å². The van der Waals surface area contributed by atoms with Crippen LogP contribution in [0.3, 0.4) is 0 Å². The maximum Gasteiger partial charge on any atom is 0.312 e. The maximum atomic E-state index is 12.6. The lowest BCUT2D eigenvalue weighted by Crippen LogP contribution is -2.56. The van der Waals surface area contributed by atoms with Crippen LogP contribution in [0.25, 0.3) is 0 Å². The molecule has 25 heavy (non-hydrogen) atoms. The number of nitrogens with one attached hydrogen (secondary N) is 1. The van der Waals surface area contributed by atoms with Gasteiger partial charge in [0.25, 0.3) is 10.0 Å². The Hall–Kier alpha value is -1.65. The van der Waals surface area contributed by atoms with Crippen molar-refractivity contribution < 1.29 is 18.0 Å². The highest BCUT2D eigenvalue weighted by Crippen LogP contribution is 2.22. The van der Waals surface area contributed by atoms with Gasteiger partial charge in [-0.25, -0.2) is 13.2 Å². The number of piperazine rings is 1. The number of hydrogen-bond acceptors (Lipinski definition) is 5. The molecule has 1 fully saturated rings. The molecule has 0 spiro atoms. The Morgan fingerprint density at radius 2 is 1.92 bits per heavy atom. The van der Waals surface area contributed by atoms with E-state index in [-0.39, 0.29) is 24.9 Å². The molecular weight excluding hydrogens is 364 g/mol. The molecule has 1 aliphatic heterocycles. The largest absolute Gasteiger partial charge is 0.352 e. The lowest BCUT2D eigenvalue weighted by atomic mass is 10.0. The Morgan fingerprint density at radius 1 is 1.28 bits per heavy atom. The van der Waals surface area contributed by atoms with Crippen molar-refractivity contribution in [3.8, 4) is 0 Å². The third kappa shape index (κ3) is 4.93. The van der Waals surface area contributed by atoms with Crippen LogP contribution in [0.1, 0.15) is 20.3 Å². The smallest absolute Gasteiger partial charge is 0.312 e. The van der Waals surface area contributed by atoms with Gasteiger partial charge in [0.1, 0.15) is 10.3 Å². The molecule has 3 N–H and O–H groups in total. The number of amides is 3. The van der Waals surface area contributed by atoms with Gasteiger partial charge in [0, 0.05) is 26.2 Å². The Balaban J connectivity index is 2.00. The summed E-state index contributed by atoms with van der Waals surface area (Å²) in [6.07, 6.45) is 0.482. The molecule has 0 aromatic carbocycles. The Kier molecular flexibility index (Phi) is 6.42. The highest BCUT2D eigenvalue weighted by molar-refractivity contribution is 7.91. The number of rotatable bonds is 6. The quantitative estimate of drug-likeness (QED) is 0.745. The summed E-state index contributed by atoms with van der Waals surface area (Å²) in [5, 5.41) is 4.21. The van der Waals surface area contributed by atoms with Crippen molar-refractivity contribution in [1.82, 2.24) is 14.5 Å². The van der Waals surface area contributed by atoms with E-state index >= 15 is 0 Å². The molecule has 1 aromatic heterocycles. The minimum absolute atomic E-state index is 0.210. The molecular formula is C15H24N4O4S2. The summed E-state index contributed by atoms with van der Waals surface area (Å²) < 4.78 is 26.7. The second-order valence-corrected chi connectivity index (χ2v) is 9.46. The van der Waals surface area contributed by atoms with E-state index in [1.807, 2.05) is 13.8 Å². The molecule has 10 heteroatoms. The molecule has 8 nitrogen and oxygen atoms in total. The van der Waals surface area contributed by atoms with Crippen LogP contribution in [0.4, 0.5) is 4.79 Å². The number of nitrogens with two attached hydrogens (primary N) is 1. The highest BCUT2D eigenvalue weighted by atomic mass is 32.2. The first kappa shape index (κ1) is 19.7. The number of urea groups is 1. The summed E-state index contributed by atoms with van der Waals surface area (Å²) in [6, 6.07) is 1.85. The van der Waals surface area contributed by atoms with E-state index in [0.29, 0.717) is 23.7 Å². The van der Waals surface area contributed by atoms with E-state index in [1.165, 1.54) is 15.6 Å². The Labute approximate surface area is 152 Å². The third-order valence-electron chi connectivity index (χ3n) is 3.96. The second kappa shape index (κ2) is 8.15. The van der Waals surface area contributed by atoms with Crippen LogP contribution in [-0.4, -0.2) is 61.8 Å². The summed E-state index contributed by atoms with van der Waals surface area (Å²) in [5.41, 5.74) is 5.16. The van der Waals surface area contributed by atoms with Crippen LogP contribution in [0.5, 0.6) is 0 Å². The van der Waals surface area contributed by atoms with E-state index in [1.54, 1.807) is 22.4 Å². The number of thiophene rings is 1. The fourth-order valence-electron chi connectivity index (χ4n) is 2.77. The van der Waals surface area contributed by atoms with Crippen LogP contribution in [0.15, 0.2) is 21.7 Å². The molecule has 2 rings (SSSR count). The Bertz CT molecular complexity index is 695. The van der Waals surface area contributed by atoms with Crippen LogP contribution in [-0.2, 0) is 14.8 Å². The summed E-state index contributed by atoms with van der Waals surface area (Å²) in [5.74, 6) is -0.0121. The standard InChI is InChI=1S/C15H24N4O4S2/c1-11(2)10-12(17-15(16)21)14(20)18-5-7-19(8-6-18)25(22,23)13-4-3-9-24-13/h3-4,9,11-12H,5-8,10H2,1-2H3,(H3,16,17,21)/t12-/m0/s1. The van der Waals surface area contributed by atoms with Crippen LogP contribution in [0, 0.1) is 5.92 Å². The zero-order chi connectivity index (χ0) is 18.6. The zero-order valence-electron chi connectivity index (χ0n) is 14.3. The van der Waals surface area contributed by atoms with E-state index in [9.17, 15) is 18.0 Å². The molecule has 140 valence electrons. The number of nitrogens with zero attached hydrogens (tertiary/aromatic N) is 2. The van der Waals surface area contributed by atoms with Gasteiger partial charge < -0.3 is 16.0 Å². The van der Waals surface area contributed by atoms with Gasteiger partial charge >= 0.3 is 6.03 Å². The van der Waals surface area contributed by atoms with Crippen molar-refractivity contribution in [2.24, 2.45) is 11.7 Å². The van der Waals surface area contributed by atoms with Gasteiger partial charge in [-0.2, -0.15) is 4.31 Å². The van der Waals surface area contributed by atoms with Crippen LogP contribution in [0.2, 0.25) is 0 Å². The maximum absolute atomic E-state index is 12.6. The number of sulfonamides is 1. The van der Waals surface area contributed by atoms with Crippen molar-refractivity contribution in [2.75, 3.05) is 26.2 Å². The van der Waals surface area contributed by atoms with Crippen molar-refractivity contribution >= 4 is 33.3 Å². The van der Waals surface area contributed by atoms with E-state index in [0.717, 1.165) is 0 Å². The lowest BCUT2D eigenvalue weighted by Gasteiger charge is -2.35. The van der Waals surface area contributed by atoms with Gasteiger partial charge in [-0.15, -0.1) is 11.3 Å². The van der Waals surface area contributed by atoms with E-state index in [2.05, 4.69) is 5.32 Å². The zero-order valence-corrected chi connectivity index (χ0v) is 16.0. The molecule has 2 heterocycles. The molecule has 0 bridgehead atoms.